The van der Waals surface area contributed by atoms with E-state index >= 15 is 0 Å². The predicted molar refractivity (Wildman–Crippen MR) is 99.3 cm³/mol. The summed E-state index contributed by atoms with van der Waals surface area (Å²) in [5.41, 5.74) is 0.537. The number of carbonyl (C=O) groups excluding carboxylic acids is 1. The third-order valence-corrected chi connectivity index (χ3v) is 3.90. The number of rotatable bonds is 14. The van der Waals surface area contributed by atoms with Crippen LogP contribution in [-0.2, 0) is 9.53 Å². The van der Waals surface area contributed by atoms with Crippen LogP contribution in [0.2, 0.25) is 0 Å². The Morgan fingerprint density at radius 1 is 0.917 bits per heavy atom. The topological polar surface area (TPSA) is 35.5 Å². The van der Waals surface area contributed by atoms with Crippen LogP contribution < -0.4 is 4.74 Å². The monoisotopic (exact) mass is 332 g/mol. The minimum Gasteiger partial charge on any atom is -0.494 e. The number of unbranched alkanes of at least 4 members (excludes halogenated alkanes) is 6. The van der Waals surface area contributed by atoms with E-state index in [0.717, 1.165) is 25.0 Å². The Labute approximate surface area is 147 Å². The molecule has 3 heteroatoms. The van der Waals surface area contributed by atoms with Gasteiger partial charge in [-0.25, -0.2) is 4.79 Å². The first kappa shape index (κ1) is 20.3. The minimum atomic E-state index is -0.263. The number of esters is 1. The molecular weight excluding hydrogens is 300 g/mol. The molecule has 0 aromatic heterocycles. The van der Waals surface area contributed by atoms with E-state index in [4.69, 9.17) is 9.47 Å². The molecule has 0 atom stereocenters. The molecule has 0 radical (unpaired) electrons. The summed E-state index contributed by atoms with van der Waals surface area (Å²) in [4.78, 5) is 11.8. The van der Waals surface area contributed by atoms with Gasteiger partial charge in [-0.15, -0.1) is 0 Å². The van der Waals surface area contributed by atoms with E-state index in [0.29, 0.717) is 25.2 Å². The van der Waals surface area contributed by atoms with Crippen molar-refractivity contribution in [2.75, 3.05) is 13.2 Å². The lowest BCUT2D eigenvalue weighted by molar-refractivity contribution is -0.139. The summed E-state index contributed by atoms with van der Waals surface area (Å²) >= 11 is 0. The Morgan fingerprint density at radius 2 is 1.58 bits per heavy atom. The fraction of sp³-hybridized carbons (Fsp3) is 0.571. The average Bonchev–Trinajstić information content (AvgIpc) is 2.61. The predicted octanol–water partition coefficient (Wildman–Crippen LogP) is 5.70. The summed E-state index contributed by atoms with van der Waals surface area (Å²) in [6, 6.07) is 9.68. The van der Waals surface area contributed by atoms with Crippen molar-refractivity contribution in [3.05, 3.63) is 42.5 Å². The van der Waals surface area contributed by atoms with Gasteiger partial charge < -0.3 is 9.47 Å². The Hall–Kier alpha value is -1.77. The molecule has 0 N–H and O–H groups in total. The summed E-state index contributed by atoms with van der Waals surface area (Å²) in [6.07, 6.45) is 9.89. The molecule has 0 amide bonds. The lowest BCUT2D eigenvalue weighted by atomic mass is 10.1. The summed E-state index contributed by atoms with van der Waals surface area (Å²) in [5, 5.41) is 0. The normalized spacial score (nSPS) is 10.4. The van der Waals surface area contributed by atoms with Crippen LogP contribution in [0.15, 0.2) is 42.5 Å². The second kappa shape index (κ2) is 13.6. The third kappa shape index (κ3) is 10.1. The van der Waals surface area contributed by atoms with Crippen LogP contribution in [0.3, 0.4) is 0 Å². The average molecular weight is 332 g/mol. The fourth-order valence-electron chi connectivity index (χ4n) is 2.42. The third-order valence-electron chi connectivity index (χ3n) is 3.90. The second-order valence-corrected chi connectivity index (χ2v) is 6.13. The number of hydrogen-bond acceptors (Lipinski definition) is 3. The Morgan fingerprint density at radius 3 is 2.29 bits per heavy atom. The van der Waals surface area contributed by atoms with Crippen molar-refractivity contribution in [1.82, 2.24) is 0 Å². The molecule has 0 aliphatic carbocycles. The number of carbonyl (C=O) groups is 1. The molecule has 3 nitrogen and oxygen atoms in total. The molecule has 0 spiro atoms. The van der Waals surface area contributed by atoms with E-state index in [1.165, 1.54) is 32.1 Å². The van der Waals surface area contributed by atoms with Gasteiger partial charge in [0.1, 0.15) is 5.75 Å². The SMILES string of the molecule is C=C(CCCOc1ccccc1)C(=O)OCCCCCCCCC. The van der Waals surface area contributed by atoms with E-state index in [9.17, 15) is 4.79 Å². The maximum absolute atomic E-state index is 11.8. The largest absolute Gasteiger partial charge is 0.494 e. The molecule has 0 aliphatic rings. The van der Waals surface area contributed by atoms with Crippen LogP contribution in [0.25, 0.3) is 0 Å². The Kier molecular flexibility index (Phi) is 11.5. The quantitative estimate of drug-likeness (QED) is 0.249. The van der Waals surface area contributed by atoms with E-state index in [1.54, 1.807) is 0 Å². The van der Waals surface area contributed by atoms with Gasteiger partial charge in [-0.1, -0.05) is 70.2 Å². The molecule has 0 bridgehead atoms. The Balaban J connectivity index is 1.97. The maximum atomic E-state index is 11.8. The van der Waals surface area contributed by atoms with Crippen molar-refractivity contribution in [2.24, 2.45) is 0 Å². The highest BCUT2D eigenvalue weighted by molar-refractivity contribution is 5.87. The van der Waals surface area contributed by atoms with Gasteiger partial charge in [-0.3, -0.25) is 0 Å². The minimum absolute atomic E-state index is 0.263. The molecule has 1 aromatic carbocycles. The molecule has 0 saturated heterocycles. The van der Waals surface area contributed by atoms with Gasteiger partial charge in [-0.2, -0.15) is 0 Å². The van der Waals surface area contributed by atoms with Gasteiger partial charge in [-0.05, 0) is 31.4 Å². The van der Waals surface area contributed by atoms with Crippen LogP contribution in [0, 0.1) is 0 Å². The van der Waals surface area contributed by atoms with Gasteiger partial charge in [0.15, 0.2) is 0 Å². The Bertz CT molecular complexity index is 453. The first-order valence-corrected chi connectivity index (χ1v) is 9.26. The maximum Gasteiger partial charge on any atom is 0.333 e. The van der Waals surface area contributed by atoms with Crippen LogP contribution in [0.4, 0.5) is 0 Å². The van der Waals surface area contributed by atoms with E-state index in [-0.39, 0.29) is 5.97 Å². The van der Waals surface area contributed by atoms with Crippen molar-refractivity contribution in [3.8, 4) is 5.75 Å². The van der Waals surface area contributed by atoms with Crippen molar-refractivity contribution in [2.45, 2.75) is 64.7 Å². The van der Waals surface area contributed by atoms with Crippen molar-refractivity contribution in [3.63, 3.8) is 0 Å². The fourth-order valence-corrected chi connectivity index (χ4v) is 2.42. The summed E-state index contributed by atoms with van der Waals surface area (Å²) < 4.78 is 10.9. The zero-order valence-electron chi connectivity index (χ0n) is 15.1. The number of hydrogen-bond donors (Lipinski definition) is 0. The molecule has 1 aromatic rings. The lowest BCUT2D eigenvalue weighted by Gasteiger charge is -2.08. The van der Waals surface area contributed by atoms with E-state index in [2.05, 4.69) is 13.5 Å². The van der Waals surface area contributed by atoms with Gasteiger partial charge >= 0.3 is 5.97 Å². The molecule has 0 saturated carbocycles. The van der Waals surface area contributed by atoms with Crippen LogP contribution in [0.1, 0.15) is 64.7 Å². The summed E-state index contributed by atoms with van der Waals surface area (Å²) in [7, 11) is 0. The van der Waals surface area contributed by atoms with Gasteiger partial charge in [0.25, 0.3) is 0 Å². The van der Waals surface area contributed by atoms with Crippen molar-refractivity contribution in [1.29, 1.82) is 0 Å². The zero-order valence-corrected chi connectivity index (χ0v) is 15.1. The first-order chi connectivity index (χ1) is 11.7. The van der Waals surface area contributed by atoms with Gasteiger partial charge in [0.2, 0.25) is 0 Å². The summed E-state index contributed by atoms with van der Waals surface area (Å²) in [5.74, 6) is 0.588. The lowest BCUT2D eigenvalue weighted by Crippen LogP contribution is -2.09. The molecule has 24 heavy (non-hydrogen) atoms. The molecule has 134 valence electrons. The van der Waals surface area contributed by atoms with E-state index < -0.39 is 0 Å². The van der Waals surface area contributed by atoms with Crippen molar-refractivity contribution < 1.29 is 14.3 Å². The second-order valence-electron chi connectivity index (χ2n) is 6.13. The van der Waals surface area contributed by atoms with Gasteiger partial charge in [0, 0.05) is 5.57 Å². The highest BCUT2D eigenvalue weighted by Crippen LogP contribution is 2.11. The zero-order chi connectivity index (χ0) is 17.5. The number of para-hydroxylation sites is 1. The first-order valence-electron chi connectivity index (χ1n) is 9.26. The number of ether oxygens (including phenoxy) is 2. The smallest absolute Gasteiger partial charge is 0.333 e. The standard InChI is InChI=1S/C21H32O3/c1-3-4-5-6-7-8-12-17-24-21(22)19(2)14-13-18-23-20-15-10-9-11-16-20/h9-11,15-16H,2-8,12-14,17-18H2,1H3. The van der Waals surface area contributed by atoms with Crippen LogP contribution in [-0.4, -0.2) is 19.2 Å². The molecule has 1 rings (SSSR count). The highest BCUT2D eigenvalue weighted by atomic mass is 16.5. The highest BCUT2D eigenvalue weighted by Gasteiger charge is 2.08. The van der Waals surface area contributed by atoms with Crippen molar-refractivity contribution >= 4 is 5.97 Å². The molecule has 0 heterocycles. The summed E-state index contributed by atoms with van der Waals surface area (Å²) in [6.45, 7) is 7.12. The number of benzene rings is 1. The van der Waals surface area contributed by atoms with Crippen LogP contribution in [0.5, 0.6) is 5.75 Å². The molecule has 0 unspecified atom stereocenters. The van der Waals surface area contributed by atoms with Gasteiger partial charge in [0.05, 0.1) is 13.2 Å². The molecule has 0 fully saturated rings. The molecular formula is C21H32O3. The van der Waals surface area contributed by atoms with Crippen LogP contribution >= 0.6 is 0 Å². The van der Waals surface area contributed by atoms with E-state index in [1.807, 2.05) is 30.3 Å². The molecule has 0 aliphatic heterocycles.